The van der Waals surface area contributed by atoms with Crippen molar-refractivity contribution in [1.29, 1.82) is 0 Å². The van der Waals surface area contributed by atoms with Crippen LogP contribution in [0.15, 0.2) is 54.9 Å². The number of halogens is 5. The molecule has 4 aromatic rings. The van der Waals surface area contributed by atoms with Crippen LogP contribution in [0.1, 0.15) is 16.1 Å². The molecule has 1 amide bonds. The van der Waals surface area contributed by atoms with Crippen LogP contribution in [-0.4, -0.2) is 45.4 Å². The molecule has 1 unspecified atom stereocenters. The van der Waals surface area contributed by atoms with Crippen molar-refractivity contribution >= 4 is 28.5 Å². The third-order valence-corrected chi connectivity index (χ3v) is 5.95. The van der Waals surface area contributed by atoms with E-state index in [1.54, 1.807) is 17.7 Å². The summed E-state index contributed by atoms with van der Waals surface area (Å²) in [7, 11) is 3.04. The van der Waals surface area contributed by atoms with Crippen molar-refractivity contribution in [3.8, 4) is 17.0 Å². The number of methoxy groups -OCH3 is 1. The van der Waals surface area contributed by atoms with Crippen molar-refractivity contribution in [2.24, 2.45) is 7.05 Å². The van der Waals surface area contributed by atoms with Gasteiger partial charge in [0.15, 0.2) is 0 Å². The van der Waals surface area contributed by atoms with E-state index in [0.29, 0.717) is 5.52 Å². The number of carbonyl (C=O) groups excluding carboxylic acids is 1. The Morgan fingerprint density at radius 3 is 2.58 bits per heavy atom. The van der Waals surface area contributed by atoms with Crippen molar-refractivity contribution < 1.29 is 32.2 Å². The molecular weight excluding hydrogens is 504 g/mol. The van der Waals surface area contributed by atoms with E-state index in [1.165, 1.54) is 43.8 Å². The van der Waals surface area contributed by atoms with Gasteiger partial charge in [0.2, 0.25) is 5.60 Å². The molecule has 0 radical (unpaired) electrons. The number of benzene rings is 2. The largest absolute Gasteiger partial charge is 0.494 e. The van der Waals surface area contributed by atoms with Gasteiger partial charge in [-0.2, -0.15) is 13.2 Å². The number of aliphatic hydroxyl groups is 1. The molecule has 2 heterocycles. The molecule has 4 rings (SSSR count). The average molecular weight is 523 g/mol. The van der Waals surface area contributed by atoms with Gasteiger partial charge in [0.05, 0.1) is 41.7 Å². The van der Waals surface area contributed by atoms with Crippen LogP contribution >= 0.6 is 11.6 Å². The molecule has 2 N–H and O–H groups in total. The summed E-state index contributed by atoms with van der Waals surface area (Å²) in [5.41, 5.74) is -3.02. The molecule has 36 heavy (non-hydrogen) atoms. The third-order valence-electron chi connectivity index (χ3n) is 5.66. The lowest BCUT2D eigenvalue weighted by atomic mass is 9.96. The van der Waals surface area contributed by atoms with Crippen molar-refractivity contribution in [1.82, 2.24) is 19.9 Å². The Morgan fingerprint density at radius 2 is 1.92 bits per heavy atom. The molecule has 2 aromatic heterocycles. The second-order valence-electron chi connectivity index (χ2n) is 7.98. The van der Waals surface area contributed by atoms with Crippen LogP contribution in [0.5, 0.6) is 5.75 Å². The van der Waals surface area contributed by atoms with E-state index in [2.05, 4.69) is 15.3 Å². The zero-order valence-corrected chi connectivity index (χ0v) is 19.7. The number of hydrogen-bond donors (Lipinski definition) is 2. The fourth-order valence-corrected chi connectivity index (χ4v) is 3.80. The third kappa shape index (κ3) is 4.59. The highest BCUT2D eigenvalue weighted by atomic mass is 35.5. The zero-order chi connectivity index (χ0) is 26.3. The summed E-state index contributed by atoms with van der Waals surface area (Å²) in [6.07, 6.45) is -3.68. The predicted molar refractivity (Wildman–Crippen MR) is 124 cm³/mol. The minimum absolute atomic E-state index is 0.0649. The van der Waals surface area contributed by atoms with Crippen molar-refractivity contribution in [3.05, 3.63) is 77.0 Å². The van der Waals surface area contributed by atoms with Gasteiger partial charge in [-0.3, -0.25) is 4.79 Å². The predicted octanol–water partition coefficient (Wildman–Crippen LogP) is 4.62. The van der Waals surface area contributed by atoms with Gasteiger partial charge in [-0.25, -0.2) is 14.4 Å². The fraction of sp³-hybridized carbons (Fsp3) is 0.208. The fourth-order valence-electron chi connectivity index (χ4n) is 3.62. The van der Waals surface area contributed by atoms with E-state index in [9.17, 15) is 27.5 Å². The Bertz CT molecular complexity index is 1460. The molecule has 0 spiro atoms. The van der Waals surface area contributed by atoms with Crippen molar-refractivity contribution in [3.63, 3.8) is 0 Å². The summed E-state index contributed by atoms with van der Waals surface area (Å²) in [4.78, 5) is 20.7. The SMILES string of the molecule is COc1ccc(C(O)(CNC(=O)c2ccc3c(c2)ncn3C)C(F)(F)F)nc1-c1ccc(F)c(Cl)c1. The molecule has 0 aliphatic heterocycles. The van der Waals surface area contributed by atoms with Crippen LogP contribution in [0.4, 0.5) is 17.6 Å². The Morgan fingerprint density at radius 1 is 1.17 bits per heavy atom. The van der Waals surface area contributed by atoms with E-state index < -0.39 is 35.7 Å². The Balaban J connectivity index is 1.68. The highest BCUT2D eigenvalue weighted by Crippen LogP contribution is 2.40. The van der Waals surface area contributed by atoms with Crippen LogP contribution in [0.3, 0.4) is 0 Å². The molecule has 12 heteroatoms. The van der Waals surface area contributed by atoms with E-state index >= 15 is 0 Å². The van der Waals surface area contributed by atoms with Gasteiger partial charge in [-0.15, -0.1) is 0 Å². The molecule has 0 fully saturated rings. The monoisotopic (exact) mass is 522 g/mol. The van der Waals surface area contributed by atoms with Crippen LogP contribution < -0.4 is 10.1 Å². The number of fused-ring (bicyclic) bond motifs is 1. The van der Waals surface area contributed by atoms with Gasteiger partial charge in [0, 0.05) is 18.2 Å². The number of hydrogen-bond acceptors (Lipinski definition) is 5. The first-order valence-corrected chi connectivity index (χ1v) is 10.8. The highest BCUT2D eigenvalue weighted by Gasteiger charge is 2.56. The minimum atomic E-state index is -5.22. The summed E-state index contributed by atoms with van der Waals surface area (Å²) in [5, 5.41) is 12.6. The molecule has 0 aliphatic rings. The number of nitrogens with zero attached hydrogens (tertiary/aromatic N) is 3. The number of nitrogens with one attached hydrogen (secondary N) is 1. The van der Waals surface area contributed by atoms with Gasteiger partial charge < -0.3 is 19.7 Å². The topological polar surface area (TPSA) is 89.3 Å². The summed E-state index contributed by atoms with van der Waals surface area (Å²) in [6, 6.07) is 10.1. The lowest BCUT2D eigenvalue weighted by Gasteiger charge is -2.30. The molecule has 0 aliphatic carbocycles. The molecule has 2 aromatic carbocycles. The lowest BCUT2D eigenvalue weighted by Crippen LogP contribution is -2.51. The van der Waals surface area contributed by atoms with Crippen molar-refractivity contribution in [2.75, 3.05) is 13.7 Å². The maximum absolute atomic E-state index is 14.1. The van der Waals surface area contributed by atoms with E-state index in [0.717, 1.165) is 17.6 Å². The Kier molecular flexibility index (Phi) is 6.63. The summed E-state index contributed by atoms with van der Waals surface area (Å²) in [5.74, 6) is -1.50. The summed E-state index contributed by atoms with van der Waals surface area (Å²) >= 11 is 5.82. The van der Waals surface area contributed by atoms with Gasteiger partial charge >= 0.3 is 6.18 Å². The number of aromatic nitrogens is 3. The molecule has 0 saturated heterocycles. The second-order valence-corrected chi connectivity index (χ2v) is 8.38. The van der Waals surface area contributed by atoms with E-state index in [4.69, 9.17) is 16.3 Å². The second kappa shape index (κ2) is 9.40. The number of amides is 1. The maximum atomic E-state index is 14.1. The molecule has 0 bridgehead atoms. The molecule has 7 nitrogen and oxygen atoms in total. The highest BCUT2D eigenvalue weighted by molar-refractivity contribution is 6.31. The van der Waals surface area contributed by atoms with Gasteiger partial charge in [-0.1, -0.05) is 11.6 Å². The first-order valence-electron chi connectivity index (χ1n) is 10.4. The number of rotatable bonds is 6. The molecule has 188 valence electrons. The number of alkyl halides is 3. The maximum Gasteiger partial charge on any atom is 0.424 e. The number of ether oxygens (including phenoxy) is 1. The number of carbonyl (C=O) groups is 1. The van der Waals surface area contributed by atoms with Crippen LogP contribution in [0.25, 0.3) is 22.3 Å². The average Bonchev–Trinajstić information content (AvgIpc) is 3.22. The number of aryl methyl sites for hydroxylation is 1. The lowest BCUT2D eigenvalue weighted by molar-refractivity contribution is -0.265. The normalized spacial score (nSPS) is 13.4. The van der Waals surface area contributed by atoms with Crippen molar-refractivity contribution in [2.45, 2.75) is 11.8 Å². The van der Waals surface area contributed by atoms with Gasteiger partial charge in [0.25, 0.3) is 5.91 Å². The van der Waals surface area contributed by atoms with E-state index in [1.807, 2.05) is 0 Å². The number of pyridine rings is 1. The Hall–Kier alpha value is -3.70. The van der Waals surface area contributed by atoms with Gasteiger partial charge in [-0.05, 0) is 48.5 Å². The Labute approximate surface area is 207 Å². The molecule has 1 atom stereocenters. The van der Waals surface area contributed by atoms with Crippen LogP contribution in [0, 0.1) is 5.82 Å². The molecular formula is C24H19ClF4N4O3. The van der Waals surface area contributed by atoms with Gasteiger partial charge in [0.1, 0.15) is 17.3 Å². The standard InChI is InChI=1S/C24H19ClF4N4O3/c1-33-12-31-17-10-14(4-6-18(17)33)22(34)30-11-23(35,24(27,28)29)20-8-7-19(36-2)21(32-20)13-3-5-16(26)15(25)9-13/h3-10,12,35H,11H2,1-2H3,(H,30,34). The van der Waals surface area contributed by atoms with E-state index in [-0.39, 0.29) is 27.6 Å². The van der Waals surface area contributed by atoms with Crippen LogP contribution in [-0.2, 0) is 12.6 Å². The minimum Gasteiger partial charge on any atom is -0.494 e. The zero-order valence-electron chi connectivity index (χ0n) is 18.9. The summed E-state index contributed by atoms with van der Waals surface area (Å²) in [6.45, 7) is -1.22. The quantitative estimate of drug-likeness (QED) is 0.361. The first kappa shape index (κ1) is 25.4. The molecule has 0 saturated carbocycles. The summed E-state index contributed by atoms with van der Waals surface area (Å²) < 4.78 is 62.9. The number of imidazole rings is 1. The van der Waals surface area contributed by atoms with Crippen LogP contribution in [0.2, 0.25) is 5.02 Å². The smallest absolute Gasteiger partial charge is 0.424 e. The first-order chi connectivity index (χ1) is 16.9.